The molecule has 0 fully saturated rings. The Morgan fingerprint density at radius 1 is 1.23 bits per heavy atom. The molecule has 0 saturated carbocycles. The van der Waals surface area contributed by atoms with E-state index in [-0.39, 0.29) is 0 Å². The van der Waals surface area contributed by atoms with Crippen molar-refractivity contribution < 1.29 is 0 Å². The molecule has 0 spiro atoms. The lowest BCUT2D eigenvalue weighted by atomic mass is 10.2. The van der Waals surface area contributed by atoms with Crippen LogP contribution in [0.5, 0.6) is 0 Å². The molecule has 1 aromatic heterocycles. The summed E-state index contributed by atoms with van der Waals surface area (Å²) in [7, 11) is 0. The molecule has 0 bridgehead atoms. The van der Waals surface area contributed by atoms with E-state index in [1.807, 2.05) is 23.9 Å². The van der Waals surface area contributed by atoms with Crippen molar-refractivity contribution >= 4 is 22.9 Å². The minimum Gasteiger partial charge on any atom is -0.278 e. The van der Waals surface area contributed by atoms with Gasteiger partial charge < -0.3 is 0 Å². The summed E-state index contributed by atoms with van der Waals surface area (Å²) in [4.78, 5) is 8.28. The lowest BCUT2D eigenvalue weighted by Gasteiger charge is -1.90. The fourth-order valence-electron chi connectivity index (χ4n) is 1.09. The van der Waals surface area contributed by atoms with E-state index in [0.717, 1.165) is 17.3 Å². The predicted molar refractivity (Wildman–Crippen MR) is 58.0 cm³/mol. The lowest BCUT2D eigenvalue weighted by Crippen LogP contribution is -1.79. The summed E-state index contributed by atoms with van der Waals surface area (Å²) in [6.45, 7) is 0.959. The topological polar surface area (TPSA) is 25.2 Å². The van der Waals surface area contributed by atoms with E-state index < -0.39 is 0 Å². The molecule has 1 aromatic rings. The van der Waals surface area contributed by atoms with Gasteiger partial charge in [0.2, 0.25) is 0 Å². The van der Waals surface area contributed by atoms with E-state index in [1.165, 1.54) is 5.56 Å². The highest BCUT2D eigenvalue weighted by Crippen LogP contribution is 2.13. The maximum Gasteiger partial charge on any atom is 0.0905 e. The number of aliphatic imine (C=N–C) groups is 1. The summed E-state index contributed by atoms with van der Waals surface area (Å²) in [6, 6.07) is 3.97. The van der Waals surface area contributed by atoms with Crippen LogP contribution in [0.4, 0.5) is 0 Å². The van der Waals surface area contributed by atoms with Crippen molar-refractivity contribution in [1.29, 1.82) is 0 Å². The molecule has 2 nitrogen and oxygen atoms in total. The first-order chi connectivity index (χ1) is 6.45. The molecule has 0 N–H and O–H groups in total. The van der Waals surface area contributed by atoms with Crippen LogP contribution in [0.15, 0.2) is 35.6 Å². The van der Waals surface area contributed by atoms with Crippen molar-refractivity contribution in [3.63, 3.8) is 0 Å². The Morgan fingerprint density at radius 2 is 2.08 bits per heavy atom. The van der Waals surface area contributed by atoms with Crippen LogP contribution in [0, 0.1) is 0 Å². The van der Waals surface area contributed by atoms with Gasteiger partial charge in [-0.25, -0.2) is 0 Å². The van der Waals surface area contributed by atoms with Gasteiger partial charge in [0.25, 0.3) is 0 Å². The quantitative estimate of drug-likeness (QED) is 0.714. The summed E-state index contributed by atoms with van der Waals surface area (Å²) in [5.74, 6) is 1.12. The van der Waals surface area contributed by atoms with Crippen LogP contribution in [0.1, 0.15) is 5.56 Å². The molecule has 0 saturated heterocycles. The average Bonchev–Trinajstić information content (AvgIpc) is 2.69. The molecule has 0 amide bonds. The van der Waals surface area contributed by atoms with Gasteiger partial charge in [-0.15, -0.1) is 11.8 Å². The summed E-state index contributed by atoms with van der Waals surface area (Å²) in [5.41, 5.74) is 1.17. The Hall–Kier alpha value is -1.09. The van der Waals surface area contributed by atoms with Gasteiger partial charge in [0.1, 0.15) is 0 Å². The highest BCUT2D eigenvalue weighted by Gasteiger charge is 2.01. The average molecular weight is 190 g/mol. The molecule has 2 heterocycles. The van der Waals surface area contributed by atoms with E-state index in [9.17, 15) is 0 Å². The normalized spacial score (nSPS) is 16.5. The molecule has 66 valence electrons. The van der Waals surface area contributed by atoms with E-state index in [4.69, 9.17) is 0 Å². The summed E-state index contributed by atoms with van der Waals surface area (Å²) in [5, 5.41) is 1.14. The second kappa shape index (κ2) is 4.23. The fourth-order valence-corrected chi connectivity index (χ4v) is 1.83. The number of thioether (sulfide) groups is 1. The van der Waals surface area contributed by atoms with Crippen molar-refractivity contribution in [2.45, 2.75) is 0 Å². The zero-order chi connectivity index (χ0) is 8.93. The third-order valence-corrected chi connectivity index (χ3v) is 2.68. The zero-order valence-electron chi connectivity index (χ0n) is 7.18. The van der Waals surface area contributed by atoms with Gasteiger partial charge in [-0.05, 0) is 23.8 Å². The molecule has 0 aliphatic carbocycles. The number of pyridine rings is 1. The number of nitrogens with zero attached hydrogens (tertiary/aromatic N) is 2. The Labute approximate surface area is 81.8 Å². The van der Waals surface area contributed by atoms with E-state index in [2.05, 4.69) is 22.1 Å². The third kappa shape index (κ3) is 2.42. The first kappa shape index (κ1) is 8.51. The fraction of sp³-hybridized carbons (Fsp3) is 0.200. The Balaban J connectivity index is 2.05. The first-order valence-corrected chi connectivity index (χ1v) is 5.19. The molecular weight excluding hydrogens is 180 g/mol. The van der Waals surface area contributed by atoms with Gasteiger partial charge >= 0.3 is 0 Å². The SMILES string of the molecule is C(=C\c1ccncc1)/C1=NCCS1. The van der Waals surface area contributed by atoms with Crippen LogP contribution >= 0.6 is 11.8 Å². The van der Waals surface area contributed by atoms with Crippen molar-refractivity contribution in [2.75, 3.05) is 12.3 Å². The van der Waals surface area contributed by atoms with E-state index in [1.54, 1.807) is 12.4 Å². The number of hydrogen-bond donors (Lipinski definition) is 0. The van der Waals surface area contributed by atoms with Crippen LogP contribution in [0.3, 0.4) is 0 Å². The van der Waals surface area contributed by atoms with Gasteiger partial charge in [-0.3, -0.25) is 9.98 Å². The van der Waals surface area contributed by atoms with E-state index in [0.29, 0.717) is 0 Å². The van der Waals surface area contributed by atoms with Crippen LogP contribution in [-0.4, -0.2) is 22.3 Å². The van der Waals surface area contributed by atoms with Crippen molar-refractivity contribution in [2.24, 2.45) is 4.99 Å². The first-order valence-electron chi connectivity index (χ1n) is 4.20. The minimum atomic E-state index is 0.959. The zero-order valence-corrected chi connectivity index (χ0v) is 8.00. The Morgan fingerprint density at radius 3 is 2.77 bits per heavy atom. The maximum absolute atomic E-state index is 4.33. The lowest BCUT2D eigenvalue weighted by molar-refractivity contribution is 1.18. The van der Waals surface area contributed by atoms with Crippen LogP contribution in [0.25, 0.3) is 6.08 Å². The van der Waals surface area contributed by atoms with Crippen molar-refractivity contribution in [3.05, 3.63) is 36.2 Å². The molecule has 0 atom stereocenters. The number of aromatic nitrogens is 1. The third-order valence-electron chi connectivity index (χ3n) is 1.73. The highest BCUT2D eigenvalue weighted by atomic mass is 32.2. The van der Waals surface area contributed by atoms with Gasteiger partial charge in [0.15, 0.2) is 0 Å². The summed E-state index contributed by atoms with van der Waals surface area (Å²) >= 11 is 1.81. The molecule has 1 aliphatic heterocycles. The van der Waals surface area contributed by atoms with E-state index >= 15 is 0 Å². The number of hydrogen-bond acceptors (Lipinski definition) is 3. The van der Waals surface area contributed by atoms with Crippen LogP contribution in [-0.2, 0) is 0 Å². The van der Waals surface area contributed by atoms with Gasteiger partial charge in [0.05, 0.1) is 5.04 Å². The Bertz CT molecular complexity index is 330. The molecule has 0 unspecified atom stereocenters. The van der Waals surface area contributed by atoms with Crippen LogP contribution in [0.2, 0.25) is 0 Å². The Kier molecular flexibility index (Phi) is 2.77. The molecular formula is C10H10N2S. The summed E-state index contributed by atoms with van der Waals surface area (Å²) in [6.07, 6.45) is 7.72. The minimum absolute atomic E-state index is 0.959. The maximum atomic E-state index is 4.33. The van der Waals surface area contributed by atoms with Crippen molar-refractivity contribution in [1.82, 2.24) is 4.98 Å². The molecule has 0 aromatic carbocycles. The predicted octanol–water partition coefficient (Wildman–Crippen LogP) is 2.24. The largest absolute Gasteiger partial charge is 0.278 e. The summed E-state index contributed by atoms with van der Waals surface area (Å²) < 4.78 is 0. The van der Waals surface area contributed by atoms with Crippen LogP contribution < -0.4 is 0 Å². The molecule has 13 heavy (non-hydrogen) atoms. The number of rotatable bonds is 2. The van der Waals surface area contributed by atoms with Crippen molar-refractivity contribution in [3.8, 4) is 0 Å². The smallest absolute Gasteiger partial charge is 0.0905 e. The second-order valence-corrected chi connectivity index (χ2v) is 3.80. The van der Waals surface area contributed by atoms with Gasteiger partial charge in [0, 0.05) is 24.7 Å². The molecule has 3 heteroatoms. The highest BCUT2D eigenvalue weighted by molar-refractivity contribution is 8.14. The monoisotopic (exact) mass is 190 g/mol. The van der Waals surface area contributed by atoms with Gasteiger partial charge in [-0.1, -0.05) is 6.08 Å². The second-order valence-electron chi connectivity index (χ2n) is 2.68. The standard InChI is InChI=1S/C10H10N2S/c1(2-10-12-7-8-13-10)9-3-5-11-6-4-9/h1-6H,7-8H2/b2-1+. The molecule has 1 aliphatic rings. The van der Waals surface area contributed by atoms with Gasteiger partial charge in [-0.2, -0.15) is 0 Å². The molecule has 2 rings (SSSR count). The molecule has 0 radical (unpaired) electrons.